The zero-order chi connectivity index (χ0) is 14.5. The summed E-state index contributed by atoms with van der Waals surface area (Å²) in [5.74, 6) is 0.543. The van der Waals surface area contributed by atoms with Gasteiger partial charge in [-0.2, -0.15) is 0 Å². The highest BCUT2D eigenvalue weighted by Gasteiger charge is 2.28. The molecule has 1 aliphatic heterocycles. The molecule has 1 aliphatic rings. The monoisotopic (exact) mass is 282 g/mol. The lowest BCUT2D eigenvalue weighted by molar-refractivity contribution is 0.0834. The Balaban J connectivity index is 1.91. The van der Waals surface area contributed by atoms with Crippen molar-refractivity contribution in [3.05, 3.63) is 17.8 Å². The summed E-state index contributed by atoms with van der Waals surface area (Å²) in [6, 6.07) is 0. The van der Waals surface area contributed by atoms with Crippen molar-refractivity contribution in [3.8, 4) is 0 Å². The van der Waals surface area contributed by atoms with Gasteiger partial charge in [0.25, 0.3) is 5.91 Å². The SMILES string of the molecule is CC(C)CC(O)CNC(=O)c1ncoc1C1CCCO1. The summed E-state index contributed by atoms with van der Waals surface area (Å²) >= 11 is 0. The Kier molecular flexibility index (Phi) is 5.14. The Labute approximate surface area is 118 Å². The zero-order valence-corrected chi connectivity index (χ0v) is 12.0. The predicted molar refractivity (Wildman–Crippen MR) is 72.2 cm³/mol. The molecule has 0 bridgehead atoms. The van der Waals surface area contributed by atoms with E-state index in [9.17, 15) is 9.90 Å². The van der Waals surface area contributed by atoms with Gasteiger partial charge in [0.1, 0.15) is 6.10 Å². The van der Waals surface area contributed by atoms with Gasteiger partial charge in [-0.3, -0.25) is 4.79 Å². The van der Waals surface area contributed by atoms with E-state index in [4.69, 9.17) is 9.15 Å². The fraction of sp³-hybridized carbons (Fsp3) is 0.714. The molecule has 1 fully saturated rings. The third-order valence-electron chi connectivity index (χ3n) is 3.27. The Morgan fingerprint density at radius 1 is 1.60 bits per heavy atom. The van der Waals surface area contributed by atoms with E-state index >= 15 is 0 Å². The van der Waals surface area contributed by atoms with Crippen molar-refractivity contribution in [3.63, 3.8) is 0 Å². The molecule has 1 amide bonds. The van der Waals surface area contributed by atoms with Gasteiger partial charge in [-0.15, -0.1) is 0 Å². The summed E-state index contributed by atoms with van der Waals surface area (Å²) in [5.41, 5.74) is 0.258. The minimum atomic E-state index is -0.544. The molecule has 20 heavy (non-hydrogen) atoms. The predicted octanol–water partition coefficient (Wildman–Crippen LogP) is 1.66. The van der Waals surface area contributed by atoms with Crippen LogP contribution in [0.5, 0.6) is 0 Å². The number of aromatic nitrogens is 1. The van der Waals surface area contributed by atoms with Crippen molar-refractivity contribution < 1.29 is 19.1 Å². The average Bonchev–Trinajstić information content (AvgIpc) is 3.04. The number of rotatable bonds is 6. The van der Waals surface area contributed by atoms with Crippen molar-refractivity contribution in [2.45, 2.75) is 45.3 Å². The largest absolute Gasteiger partial charge is 0.445 e. The van der Waals surface area contributed by atoms with Crippen LogP contribution >= 0.6 is 0 Å². The second-order valence-electron chi connectivity index (χ2n) is 5.56. The van der Waals surface area contributed by atoms with Crippen LogP contribution in [0.3, 0.4) is 0 Å². The summed E-state index contributed by atoms with van der Waals surface area (Å²) in [6.45, 7) is 4.95. The van der Waals surface area contributed by atoms with Crippen LogP contribution in [0.1, 0.15) is 55.5 Å². The van der Waals surface area contributed by atoms with Gasteiger partial charge >= 0.3 is 0 Å². The number of hydrogen-bond acceptors (Lipinski definition) is 5. The molecular formula is C14H22N2O4. The molecule has 1 aromatic rings. The molecule has 2 unspecified atom stereocenters. The first-order valence-corrected chi connectivity index (χ1v) is 7.09. The third kappa shape index (κ3) is 3.80. The van der Waals surface area contributed by atoms with Crippen LogP contribution in [0.2, 0.25) is 0 Å². The first-order chi connectivity index (χ1) is 9.58. The minimum absolute atomic E-state index is 0.182. The number of aliphatic hydroxyl groups excluding tert-OH is 1. The molecule has 2 N–H and O–H groups in total. The number of carbonyl (C=O) groups excluding carboxylic acids is 1. The number of ether oxygens (including phenoxy) is 1. The smallest absolute Gasteiger partial charge is 0.273 e. The maximum atomic E-state index is 12.1. The van der Waals surface area contributed by atoms with E-state index in [-0.39, 0.29) is 24.2 Å². The van der Waals surface area contributed by atoms with E-state index in [1.807, 2.05) is 13.8 Å². The maximum Gasteiger partial charge on any atom is 0.273 e. The lowest BCUT2D eigenvalue weighted by atomic mass is 10.1. The summed E-state index contributed by atoms with van der Waals surface area (Å²) in [7, 11) is 0. The zero-order valence-electron chi connectivity index (χ0n) is 12.0. The summed E-state index contributed by atoms with van der Waals surface area (Å²) in [4.78, 5) is 16.0. The van der Waals surface area contributed by atoms with E-state index < -0.39 is 6.10 Å². The second-order valence-corrected chi connectivity index (χ2v) is 5.56. The Hall–Kier alpha value is -1.40. The summed E-state index contributed by atoms with van der Waals surface area (Å²) < 4.78 is 10.8. The first kappa shape index (κ1) is 15.0. The van der Waals surface area contributed by atoms with Crippen LogP contribution in [0.15, 0.2) is 10.8 Å². The topological polar surface area (TPSA) is 84.6 Å². The van der Waals surface area contributed by atoms with Gasteiger partial charge in [-0.25, -0.2) is 4.98 Å². The normalized spacial score (nSPS) is 20.3. The van der Waals surface area contributed by atoms with Crippen molar-refractivity contribution in [2.75, 3.05) is 13.2 Å². The standard InChI is InChI=1S/C14H22N2O4/c1-9(2)6-10(17)7-15-14(18)12-13(20-8-16-12)11-4-3-5-19-11/h8-11,17H,3-7H2,1-2H3,(H,15,18). The van der Waals surface area contributed by atoms with Crippen LogP contribution in [0, 0.1) is 5.92 Å². The number of nitrogens with zero attached hydrogens (tertiary/aromatic N) is 1. The van der Waals surface area contributed by atoms with Crippen LogP contribution in [-0.4, -0.2) is 35.3 Å². The number of nitrogens with one attached hydrogen (secondary N) is 1. The molecule has 0 aromatic carbocycles. The van der Waals surface area contributed by atoms with E-state index in [1.165, 1.54) is 6.39 Å². The van der Waals surface area contributed by atoms with Crippen LogP contribution in [0.25, 0.3) is 0 Å². The average molecular weight is 282 g/mol. The summed E-state index contributed by atoms with van der Waals surface area (Å²) in [5, 5.41) is 12.5. The molecule has 6 heteroatoms. The van der Waals surface area contributed by atoms with E-state index in [2.05, 4.69) is 10.3 Å². The quantitative estimate of drug-likeness (QED) is 0.829. The van der Waals surface area contributed by atoms with E-state index in [0.717, 1.165) is 12.8 Å². The van der Waals surface area contributed by atoms with Crippen LogP contribution in [0.4, 0.5) is 0 Å². The van der Waals surface area contributed by atoms with E-state index in [0.29, 0.717) is 24.7 Å². The molecular weight excluding hydrogens is 260 g/mol. The van der Waals surface area contributed by atoms with Gasteiger partial charge in [0.2, 0.25) is 0 Å². The fourth-order valence-corrected chi connectivity index (χ4v) is 2.36. The number of carbonyl (C=O) groups is 1. The molecule has 0 spiro atoms. The molecule has 112 valence electrons. The second kappa shape index (κ2) is 6.85. The summed E-state index contributed by atoms with van der Waals surface area (Å²) in [6.07, 6.45) is 2.98. The van der Waals surface area contributed by atoms with Gasteiger partial charge in [-0.1, -0.05) is 13.8 Å². The van der Waals surface area contributed by atoms with Gasteiger partial charge in [0.15, 0.2) is 17.8 Å². The Morgan fingerprint density at radius 2 is 2.40 bits per heavy atom. The van der Waals surface area contributed by atoms with Crippen molar-refractivity contribution >= 4 is 5.91 Å². The number of oxazole rings is 1. The molecule has 2 heterocycles. The van der Waals surface area contributed by atoms with Gasteiger partial charge in [0.05, 0.1) is 6.10 Å². The molecule has 2 atom stereocenters. The van der Waals surface area contributed by atoms with Gasteiger partial charge in [0, 0.05) is 13.2 Å². The molecule has 0 radical (unpaired) electrons. The molecule has 1 saturated heterocycles. The van der Waals surface area contributed by atoms with Crippen LogP contribution < -0.4 is 5.32 Å². The first-order valence-electron chi connectivity index (χ1n) is 7.09. The van der Waals surface area contributed by atoms with Gasteiger partial charge < -0.3 is 19.6 Å². The number of amides is 1. The number of aliphatic hydroxyl groups is 1. The fourth-order valence-electron chi connectivity index (χ4n) is 2.36. The van der Waals surface area contributed by atoms with Crippen molar-refractivity contribution in [2.24, 2.45) is 5.92 Å². The highest BCUT2D eigenvalue weighted by atomic mass is 16.5. The lowest BCUT2D eigenvalue weighted by Crippen LogP contribution is -2.33. The third-order valence-corrected chi connectivity index (χ3v) is 3.27. The molecule has 0 aliphatic carbocycles. The Bertz CT molecular complexity index is 438. The maximum absolute atomic E-state index is 12.1. The lowest BCUT2D eigenvalue weighted by Gasteiger charge is -2.14. The Morgan fingerprint density at radius 3 is 3.05 bits per heavy atom. The molecule has 2 rings (SSSR count). The molecule has 0 saturated carbocycles. The highest BCUT2D eigenvalue weighted by molar-refractivity contribution is 5.93. The van der Waals surface area contributed by atoms with Gasteiger partial charge in [-0.05, 0) is 25.2 Å². The van der Waals surface area contributed by atoms with Crippen molar-refractivity contribution in [1.29, 1.82) is 0 Å². The number of hydrogen-bond donors (Lipinski definition) is 2. The molecule has 6 nitrogen and oxygen atoms in total. The van der Waals surface area contributed by atoms with Crippen molar-refractivity contribution in [1.82, 2.24) is 10.3 Å². The molecule has 1 aromatic heterocycles. The van der Waals surface area contributed by atoms with E-state index in [1.54, 1.807) is 0 Å². The minimum Gasteiger partial charge on any atom is -0.445 e. The highest BCUT2D eigenvalue weighted by Crippen LogP contribution is 2.30. The van der Waals surface area contributed by atoms with Crippen LogP contribution in [-0.2, 0) is 4.74 Å².